The number of phenols is 4. The van der Waals surface area contributed by atoms with Crippen LogP contribution in [0.4, 0.5) is 0 Å². The average Bonchev–Trinajstić information content (AvgIpc) is 3.16. The van der Waals surface area contributed by atoms with E-state index in [2.05, 4.69) is 0 Å². The van der Waals surface area contributed by atoms with Gasteiger partial charge < -0.3 is 54.0 Å². The van der Waals surface area contributed by atoms with Gasteiger partial charge in [-0.25, -0.2) is 9.59 Å². The number of aliphatic hydroxyl groups excluding tert-OH is 2. The zero-order chi connectivity index (χ0) is 39.4. The molecule has 0 amide bonds. The van der Waals surface area contributed by atoms with Gasteiger partial charge in [0.1, 0.15) is 47.4 Å². The number of fused-ring (bicyclic) bond motifs is 1. The van der Waals surface area contributed by atoms with Crippen molar-refractivity contribution in [3.63, 3.8) is 0 Å². The van der Waals surface area contributed by atoms with E-state index in [0.29, 0.717) is 0 Å². The van der Waals surface area contributed by atoms with E-state index in [1.54, 1.807) is 36.4 Å². The molecule has 0 bridgehead atoms. The number of hydrogen-bond donors (Lipinski definition) is 6. The number of aryl methyl sites for hydroxylation is 2. The molecule has 1 fully saturated rings. The Morgan fingerprint density at radius 1 is 0.727 bits per heavy atom. The molecule has 6 N–H and O–H groups in total. The Balaban J connectivity index is 1.37. The summed E-state index contributed by atoms with van der Waals surface area (Å²) in [6.07, 6.45) is -5.57. The maximum atomic E-state index is 14.1. The summed E-state index contributed by atoms with van der Waals surface area (Å²) in [7, 11) is 0. The molecule has 0 spiro atoms. The van der Waals surface area contributed by atoms with Gasteiger partial charge in [0, 0.05) is 17.7 Å². The lowest BCUT2D eigenvalue weighted by Gasteiger charge is -2.41. The average molecular weight is 757 g/mol. The van der Waals surface area contributed by atoms with Crippen molar-refractivity contribution in [1.29, 1.82) is 0 Å². The lowest BCUT2D eigenvalue weighted by molar-refractivity contribution is -0.276. The first-order valence-electron chi connectivity index (χ1n) is 17.7. The summed E-state index contributed by atoms with van der Waals surface area (Å²) in [5, 5.41) is 63.2. The van der Waals surface area contributed by atoms with E-state index >= 15 is 0 Å². The second-order valence-electron chi connectivity index (χ2n) is 13.1. The Labute approximate surface area is 314 Å². The predicted octanol–water partition coefficient (Wildman–Crippen LogP) is 5.10. The molecule has 14 nitrogen and oxygen atoms in total. The lowest BCUT2D eigenvalue weighted by Crippen LogP contribution is -2.61. The van der Waals surface area contributed by atoms with E-state index in [4.69, 9.17) is 23.4 Å². The van der Waals surface area contributed by atoms with Gasteiger partial charge in [-0.1, -0.05) is 51.0 Å². The molecule has 1 aliphatic heterocycles. The highest BCUT2D eigenvalue weighted by atomic mass is 16.7. The fraction of sp³-hybridized carbons (Fsp3) is 0.293. The molecule has 4 aromatic carbocycles. The van der Waals surface area contributed by atoms with Crippen LogP contribution in [0.5, 0.6) is 28.7 Å². The van der Waals surface area contributed by atoms with E-state index in [0.717, 1.165) is 61.1 Å². The highest BCUT2D eigenvalue weighted by Crippen LogP contribution is 2.40. The summed E-state index contributed by atoms with van der Waals surface area (Å²) in [6, 6.07) is 18.7. The van der Waals surface area contributed by atoms with Gasteiger partial charge in [0.25, 0.3) is 0 Å². The molecule has 1 aliphatic rings. The van der Waals surface area contributed by atoms with Crippen LogP contribution in [0.15, 0.2) is 88.1 Å². The van der Waals surface area contributed by atoms with Crippen molar-refractivity contribution in [3.8, 4) is 40.1 Å². The maximum absolute atomic E-state index is 14.1. The Morgan fingerprint density at radius 2 is 1.35 bits per heavy atom. The van der Waals surface area contributed by atoms with Crippen molar-refractivity contribution in [3.05, 3.63) is 111 Å². The summed E-state index contributed by atoms with van der Waals surface area (Å²) in [4.78, 5) is 40.5. The maximum Gasteiger partial charge on any atom is 0.338 e. The number of carbonyl (C=O) groups is 2. The van der Waals surface area contributed by atoms with E-state index in [-0.39, 0.29) is 22.3 Å². The summed E-state index contributed by atoms with van der Waals surface area (Å²) >= 11 is 0. The first kappa shape index (κ1) is 38.6. The van der Waals surface area contributed by atoms with Crippen LogP contribution < -0.4 is 10.2 Å². The minimum Gasteiger partial charge on any atom is -0.508 e. The Kier molecular flexibility index (Phi) is 11.6. The number of hydrogen-bond acceptors (Lipinski definition) is 14. The molecule has 1 saturated heterocycles. The van der Waals surface area contributed by atoms with Crippen molar-refractivity contribution in [2.75, 3.05) is 6.61 Å². The third-order valence-corrected chi connectivity index (χ3v) is 9.11. The van der Waals surface area contributed by atoms with Gasteiger partial charge in [0.2, 0.25) is 17.5 Å². The summed E-state index contributed by atoms with van der Waals surface area (Å²) in [6.45, 7) is 3.42. The van der Waals surface area contributed by atoms with Crippen molar-refractivity contribution in [2.24, 2.45) is 0 Å². The van der Waals surface area contributed by atoms with E-state index in [1.807, 2.05) is 13.8 Å². The first-order valence-corrected chi connectivity index (χ1v) is 17.7. The fourth-order valence-corrected chi connectivity index (χ4v) is 6.23. The molecular weight excluding hydrogens is 716 g/mol. The van der Waals surface area contributed by atoms with Gasteiger partial charge >= 0.3 is 11.9 Å². The van der Waals surface area contributed by atoms with Crippen LogP contribution in [0.25, 0.3) is 22.3 Å². The number of benzene rings is 4. The predicted molar refractivity (Wildman–Crippen MR) is 196 cm³/mol. The molecule has 14 heteroatoms. The SMILES string of the molecule is CCCc1ccc(C(=O)OC[C@H]2O[C@@H](Oc3c(-c4ccc(O)c(O)c4)oc4cc(O)cc(O)c4c3=O)[C@H](OC(=O)c3ccc(CCC)cc3)[C@@H](O)[C@H]2O)cc1. The highest BCUT2D eigenvalue weighted by molar-refractivity contribution is 5.90. The Hall–Kier alpha value is -6.09. The van der Waals surface area contributed by atoms with Crippen LogP contribution >= 0.6 is 0 Å². The van der Waals surface area contributed by atoms with Gasteiger partial charge in [0.05, 0.1) is 11.1 Å². The molecule has 0 saturated carbocycles. The zero-order valence-electron chi connectivity index (χ0n) is 29.9. The highest BCUT2D eigenvalue weighted by Gasteiger charge is 2.49. The first-order chi connectivity index (χ1) is 26.4. The van der Waals surface area contributed by atoms with Crippen LogP contribution in [0.1, 0.15) is 58.5 Å². The molecule has 0 radical (unpaired) electrons. The lowest BCUT2D eigenvalue weighted by atomic mass is 9.98. The number of aliphatic hydroxyl groups is 2. The number of esters is 2. The van der Waals surface area contributed by atoms with E-state index in [9.17, 15) is 45.0 Å². The second kappa shape index (κ2) is 16.5. The van der Waals surface area contributed by atoms with E-state index < -0.39 is 94.6 Å². The minimum atomic E-state index is -1.93. The second-order valence-corrected chi connectivity index (χ2v) is 13.1. The summed E-state index contributed by atoms with van der Waals surface area (Å²) < 4.78 is 29.1. The van der Waals surface area contributed by atoms with Crippen LogP contribution in [0.3, 0.4) is 0 Å². The summed E-state index contributed by atoms with van der Waals surface area (Å²) in [5.74, 6) is -5.00. The third-order valence-electron chi connectivity index (χ3n) is 9.11. The number of ether oxygens (including phenoxy) is 4. The summed E-state index contributed by atoms with van der Waals surface area (Å²) in [5.41, 5.74) is 0.971. The fourth-order valence-electron chi connectivity index (χ4n) is 6.23. The quantitative estimate of drug-likeness (QED) is 0.0721. The van der Waals surface area contributed by atoms with Gasteiger partial charge in [-0.15, -0.1) is 0 Å². The van der Waals surface area contributed by atoms with Crippen molar-refractivity contribution in [2.45, 2.75) is 70.2 Å². The zero-order valence-corrected chi connectivity index (χ0v) is 29.9. The smallest absolute Gasteiger partial charge is 0.338 e. The van der Waals surface area contributed by atoms with Gasteiger partial charge in [-0.05, 0) is 66.4 Å². The molecule has 55 heavy (non-hydrogen) atoms. The molecule has 2 heterocycles. The molecular formula is C41H40O14. The Bertz CT molecular complexity index is 2230. The van der Waals surface area contributed by atoms with Crippen LogP contribution in [-0.4, -0.2) is 79.9 Å². The Morgan fingerprint density at radius 3 is 1.95 bits per heavy atom. The van der Waals surface area contributed by atoms with Crippen molar-refractivity contribution >= 4 is 22.9 Å². The largest absolute Gasteiger partial charge is 0.508 e. The molecule has 1 aromatic heterocycles. The van der Waals surface area contributed by atoms with Gasteiger partial charge in [-0.2, -0.15) is 0 Å². The third kappa shape index (κ3) is 8.36. The molecule has 5 aromatic rings. The van der Waals surface area contributed by atoms with Crippen molar-refractivity contribution in [1.82, 2.24) is 0 Å². The number of carbonyl (C=O) groups excluding carboxylic acids is 2. The van der Waals surface area contributed by atoms with Crippen molar-refractivity contribution < 1.29 is 63.6 Å². The molecule has 6 rings (SSSR count). The molecule has 5 atom stereocenters. The molecule has 288 valence electrons. The van der Waals surface area contributed by atoms with E-state index in [1.165, 1.54) is 18.2 Å². The molecule has 0 unspecified atom stereocenters. The minimum absolute atomic E-state index is 0.0281. The van der Waals surface area contributed by atoms with Crippen LogP contribution in [0, 0.1) is 0 Å². The standard InChI is InChI=1S/C41H40O14/c1-3-5-21-7-11-23(12-8-21)39(49)51-20-31-33(46)35(48)38(54-40(50)24-13-9-22(6-4-2)10-14-24)41(53-31)55-37-34(47)32-29(45)18-26(42)19-30(32)52-36(37)25-15-16-27(43)28(44)17-25/h7-19,31,33,35,38,41-46,48H,3-6,20H2,1-2H3/t31-,33+,35+,38-,41+/m1/s1. The monoisotopic (exact) mass is 756 g/mol. The topological polar surface area (TPSA) is 223 Å². The van der Waals surface area contributed by atoms with Gasteiger partial charge in [0.15, 0.2) is 23.4 Å². The number of aromatic hydroxyl groups is 4. The number of phenolic OH excluding ortho intramolecular Hbond substituents is 4. The van der Waals surface area contributed by atoms with Gasteiger partial charge in [-0.3, -0.25) is 4.79 Å². The van der Waals surface area contributed by atoms with Crippen LogP contribution in [-0.2, 0) is 27.1 Å². The number of rotatable bonds is 12. The normalized spacial score (nSPS) is 19.5. The van der Waals surface area contributed by atoms with Crippen LogP contribution in [0.2, 0.25) is 0 Å². The molecule has 0 aliphatic carbocycles.